The van der Waals surface area contributed by atoms with E-state index in [9.17, 15) is 13.2 Å². The van der Waals surface area contributed by atoms with Gasteiger partial charge in [0, 0.05) is 12.2 Å². The summed E-state index contributed by atoms with van der Waals surface area (Å²) in [6.45, 7) is 0.356. The van der Waals surface area contributed by atoms with E-state index in [0.29, 0.717) is 6.54 Å². The van der Waals surface area contributed by atoms with Crippen LogP contribution in [0.2, 0.25) is 0 Å². The van der Waals surface area contributed by atoms with E-state index in [-0.39, 0.29) is 12.6 Å². The third-order valence-electron chi connectivity index (χ3n) is 4.44. The van der Waals surface area contributed by atoms with Crippen molar-refractivity contribution >= 4 is 0 Å². The summed E-state index contributed by atoms with van der Waals surface area (Å²) in [6, 6.07) is 0.195. The Bertz CT molecular complexity index is 477. The zero-order valence-corrected chi connectivity index (χ0v) is 12.6. The molecule has 0 unspecified atom stereocenters. The lowest BCUT2D eigenvalue weighted by atomic mass is 10.0. The maximum Gasteiger partial charge on any atom is 0.411 e. The summed E-state index contributed by atoms with van der Waals surface area (Å²) < 4.78 is 41.0. The van der Waals surface area contributed by atoms with Crippen LogP contribution in [0.15, 0.2) is 0 Å². The molecule has 0 radical (unpaired) electrons. The molecule has 1 N–H and O–H groups in total. The Kier molecular flexibility index (Phi) is 4.73. The number of alkyl halides is 3. The summed E-state index contributed by atoms with van der Waals surface area (Å²) in [6.07, 6.45) is 2.30. The minimum absolute atomic E-state index is 0.108. The molecule has 1 atom stereocenters. The zero-order chi connectivity index (χ0) is 15.6. The first-order valence-corrected chi connectivity index (χ1v) is 7.99. The normalized spacial score (nSPS) is 23.0. The lowest BCUT2D eigenvalue weighted by molar-refractivity contribution is -0.174. The maximum atomic E-state index is 12.1. The van der Waals surface area contributed by atoms with E-state index < -0.39 is 12.8 Å². The van der Waals surface area contributed by atoms with Crippen LogP contribution in [-0.2, 0) is 17.6 Å². The van der Waals surface area contributed by atoms with E-state index in [1.54, 1.807) is 0 Å². The van der Waals surface area contributed by atoms with Crippen molar-refractivity contribution in [3.8, 4) is 0 Å². The highest BCUT2D eigenvalue weighted by atomic mass is 19.4. The van der Waals surface area contributed by atoms with Crippen LogP contribution in [0.4, 0.5) is 13.2 Å². The van der Waals surface area contributed by atoms with Crippen molar-refractivity contribution in [2.24, 2.45) is 0 Å². The Morgan fingerprint density at radius 1 is 1.23 bits per heavy atom. The fourth-order valence-electron chi connectivity index (χ4n) is 3.41. The standard InChI is InChI=1S/C15H22F3N3O/c16-15(17,18)10-22-9-8-21-7-3-6-13(21)14-19-11-4-1-2-5-12(11)20-14/h13H,1-10H2,(H,19,20)/t13-/m1/s1. The molecule has 124 valence electrons. The van der Waals surface area contributed by atoms with Crippen LogP contribution in [0.5, 0.6) is 0 Å². The van der Waals surface area contributed by atoms with Gasteiger partial charge in [-0.3, -0.25) is 4.90 Å². The number of hydrogen-bond acceptors (Lipinski definition) is 3. The van der Waals surface area contributed by atoms with E-state index in [1.165, 1.54) is 24.2 Å². The largest absolute Gasteiger partial charge is 0.411 e. The van der Waals surface area contributed by atoms with Crippen LogP contribution in [-0.4, -0.2) is 47.3 Å². The molecule has 0 saturated carbocycles. The summed E-state index contributed by atoms with van der Waals surface area (Å²) in [5, 5.41) is 0. The number of likely N-dealkylation sites (tertiary alicyclic amines) is 1. The summed E-state index contributed by atoms with van der Waals surface area (Å²) in [5.41, 5.74) is 2.43. The number of ether oxygens (including phenoxy) is 1. The molecule has 1 aromatic heterocycles. The van der Waals surface area contributed by atoms with Crippen LogP contribution in [0.1, 0.15) is 48.9 Å². The van der Waals surface area contributed by atoms with Gasteiger partial charge in [0.15, 0.2) is 0 Å². The summed E-state index contributed by atoms with van der Waals surface area (Å²) >= 11 is 0. The van der Waals surface area contributed by atoms with E-state index >= 15 is 0 Å². The molecular formula is C15H22F3N3O. The van der Waals surface area contributed by atoms with Gasteiger partial charge < -0.3 is 9.72 Å². The quantitative estimate of drug-likeness (QED) is 0.849. The van der Waals surface area contributed by atoms with E-state index in [0.717, 1.165) is 38.1 Å². The van der Waals surface area contributed by atoms with Gasteiger partial charge in [0.2, 0.25) is 0 Å². The number of rotatable bonds is 5. The summed E-state index contributed by atoms with van der Waals surface area (Å²) in [5.74, 6) is 0.986. The first-order chi connectivity index (χ1) is 10.5. The van der Waals surface area contributed by atoms with Gasteiger partial charge >= 0.3 is 6.18 Å². The Morgan fingerprint density at radius 2 is 2.05 bits per heavy atom. The molecule has 4 nitrogen and oxygen atoms in total. The monoisotopic (exact) mass is 317 g/mol. The second kappa shape index (κ2) is 6.58. The molecule has 1 saturated heterocycles. The molecule has 1 aromatic rings. The molecule has 3 rings (SSSR count). The zero-order valence-electron chi connectivity index (χ0n) is 12.6. The van der Waals surface area contributed by atoms with Gasteiger partial charge in [0.1, 0.15) is 12.4 Å². The van der Waals surface area contributed by atoms with Gasteiger partial charge in [-0.25, -0.2) is 4.98 Å². The first kappa shape index (κ1) is 15.8. The number of aromatic nitrogens is 2. The third-order valence-corrected chi connectivity index (χ3v) is 4.44. The molecule has 22 heavy (non-hydrogen) atoms. The Balaban J connectivity index is 1.55. The number of aromatic amines is 1. The molecule has 0 bridgehead atoms. The van der Waals surface area contributed by atoms with Crippen molar-refractivity contribution in [1.82, 2.24) is 14.9 Å². The number of nitrogens with zero attached hydrogens (tertiary/aromatic N) is 2. The molecule has 2 heterocycles. The Morgan fingerprint density at radius 3 is 2.82 bits per heavy atom. The second-order valence-electron chi connectivity index (χ2n) is 6.12. The number of halogens is 3. The van der Waals surface area contributed by atoms with E-state index in [2.05, 4.69) is 9.88 Å². The molecule has 1 fully saturated rings. The van der Waals surface area contributed by atoms with Gasteiger partial charge in [0.25, 0.3) is 0 Å². The van der Waals surface area contributed by atoms with Crippen LogP contribution in [0.25, 0.3) is 0 Å². The van der Waals surface area contributed by atoms with Crippen LogP contribution >= 0.6 is 0 Å². The molecule has 0 aromatic carbocycles. The van der Waals surface area contributed by atoms with Crippen molar-refractivity contribution in [3.63, 3.8) is 0 Å². The average molecular weight is 317 g/mol. The SMILES string of the molecule is FC(F)(F)COCCN1CCC[C@@H]1c1nc2c([nH]1)CCCC2. The van der Waals surface area contributed by atoms with Gasteiger partial charge in [-0.2, -0.15) is 13.2 Å². The smallest absolute Gasteiger partial charge is 0.371 e. The van der Waals surface area contributed by atoms with Crippen molar-refractivity contribution in [3.05, 3.63) is 17.2 Å². The van der Waals surface area contributed by atoms with E-state index in [1.807, 2.05) is 0 Å². The van der Waals surface area contributed by atoms with Crippen molar-refractivity contribution < 1.29 is 17.9 Å². The molecule has 7 heteroatoms. The van der Waals surface area contributed by atoms with Crippen LogP contribution < -0.4 is 0 Å². The number of nitrogens with one attached hydrogen (secondary N) is 1. The van der Waals surface area contributed by atoms with Gasteiger partial charge in [-0.1, -0.05) is 0 Å². The number of imidazole rings is 1. The fraction of sp³-hybridized carbons (Fsp3) is 0.800. The predicted octanol–water partition coefficient (Wildman–Crippen LogP) is 3.00. The predicted molar refractivity (Wildman–Crippen MR) is 75.7 cm³/mol. The number of fused-ring (bicyclic) bond motifs is 1. The number of hydrogen-bond donors (Lipinski definition) is 1. The average Bonchev–Trinajstić information content (AvgIpc) is 3.08. The lowest BCUT2D eigenvalue weighted by Crippen LogP contribution is -2.29. The van der Waals surface area contributed by atoms with Gasteiger partial charge in [-0.15, -0.1) is 0 Å². The Labute approximate surface area is 128 Å². The number of aryl methyl sites for hydroxylation is 2. The van der Waals surface area contributed by atoms with Gasteiger partial charge in [0.05, 0.1) is 18.3 Å². The highest BCUT2D eigenvalue weighted by molar-refractivity contribution is 5.19. The topological polar surface area (TPSA) is 41.1 Å². The van der Waals surface area contributed by atoms with Crippen LogP contribution in [0.3, 0.4) is 0 Å². The van der Waals surface area contributed by atoms with Crippen molar-refractivity contribution in [1.29, 1.82) is 0 Å². The van der Waals surface area contributed by atoms with Gasteiger partial charge in [-0.05, 0) is 45.1 Å². The molecule has 1 aliphatic heterocycles. The third kappa shape index (κ3) is 3.81. The molecular weight excluding hydrogens is 295 g/mol. The van der Waals surface area contributed by atoms with Crippen molar-refractivity contribution in [2.45, 2.75) is 50.7 Å². The summed E-state index contributed by atoms with van der Waals surface area (Å²) in [4.78, 5) is 10.4. The fourth-order valence-corrected chi connectivity index (χ4v) is 3.41. The highest BCUT2D eigenvalue weighted by Gasteiger charge is 2.31. The molecule has 0 spiro atoms. The molecule has 2 aliphatic rings. The van der Waals surface area contributed by atoms with E-state index in [4.69, 9.17) is 9.72 Å². The molecule has 0 amide bonds. The second-order valence-corrected chi connectivity index (χ2v) is 6.12. The maximum absolute atomic E-state index is 12.1. The lowest BCUT2D eigenvalue weighted by Gasteiger charge is -2.22. The Hall–Kier alpha value is -1.08. The summed E-state index contributed by atoms with van der Waals surface area (Å²) in [7, 11) is 0. The van der Waals surface area contributed by atoms with Crippen molar-refractivity contribution in [2.75, 3.05) is 26.3 Å². The first-order valence-electron chi connectivity index (χ1n) is 7.99. The minimum Gasteiger partial charge on any atom is -0.371 e. The number of H-pyrrole nitrogens is 1. The van der Waals surface area contributed by atoms with Crippen LogP contribution in [0, 0.1) is 0 Å². The highest BCUT2D eigenvalue weighted by Crippen LogP contribution is 2.31. The molecule has 1 aliphatic carbocycles. The minimum atomic E-state index is -4.25.